The quantitative estimate of drug-likeness (QED) is 0.506. The average molecular weight is 417 g/mol. The highest BCUT2D eigenvalue weighted by Gasteiger charge is 2.90. The van der Waals surface area contributed by atoms with Crippen LogP contribution < -0.4 is 0 Å². The van der Waals surface area contributed by atoms with Crippen molar-refractivity contribution in [2.45, 2.75) is 83.3 Å². The lowest BCUT2D eigenvalue weighted by Crippen LogP contribution is -2.71. The van der Waals surface area contributed by atoms with Gasteiger partial charge in [0, 0.05) is 25.2 Å². The number of hydrogen-bond acceptors (Lipinski definition) is 5. The lowest BCUT2D eigenvalue weighted by atomic mass is 9.68. The van der Waals surface area contributed by atoms with Gasteiger partial charge in [0.2, 0.25) is 11.5 Å². The first-order valence-electron chi connectivity index (χ1n) is 11.9. The van der Waals surface area contributed by atoms with Crippen molar-refractivity contribution >= 4 is 5.97 Å². The third-order valence-electron chi connectivity index (χ3n) is 9.78. The average Bonchev–Trinajstić information content (AvgIpc) is 3.42. The van der Waals surface area contributed by atoms with Crippen LogP contribution >= 0.6 is 0 Å². The van der Waals surface area contributed by atoms with Crippen molar-refractivity contribution in [2.24, 2.45) is 17.8 Å². The second kappa shape index (κ2) is 5.83. The molecule has 6 heterocycles. The molecule has 6 nitrogen and oxygen atoms in total. The van der Waals surface area contributed by atoms with Gasteiger partial charge in [0.1, 0.15) is 23.4 Å². The molecule has 5 saturated heterocycles. The van der Waals surface area contributed by atoms with E-state index in [9.17, 15) is 4.79 Å². The summed E-state index contributed by atoms with van der Waals surface area (Å²) >= 11 is 0. The van der Waals surface area contributed by atoms with E-state index in [0.29, 0.717) is 41.1 Å². The second-order valence-electron chi connectivity index (χ2n) is 10.3. The molecule has 5 fully saturated rings. The zero-order valence-corrected chi connectivity index (χ0v) is 18.8. The number of hydrogen-bond donors (Lipinski definition) is 0. The van der Waals surface area contributed by atoms with E-state index in [-0.39, 0.29) is 17.4 Å². The zero-order chi connectivity index (χ0) is 21.1. The summed E-state index contributed by atoms with van der Waals surface area (Å²) in [5.74, 6) is 1.73. The Morgan fingerprint density at radius 1 is 1.30 bits per heavy atom. The van der Waals surface area contributed by atoms with E-state index in [1.54, 1.807) is 14.0 Å². The number of piperidine rings is 1. The van der Waals surface area contributed by atoms with Crippen molar-refractivity contribution in [1.29, 1.82) is 0 Å². The van der Waals surface area contributed by atoms with Gasteiger partial charge in [-0.3, -0.25) is 0 Å². The van der Waals surface area contributed by atoms with Gasteiger partial charge in [-0.25, -0.2) is 4.79 Å². The second-order valence-corrected chi connectivity index (χ2v) is 10.3. The lowest BCUT2D eigenvalue weighted by molar-refractivity contribution is -0.981. The fourth-order valence-corrected chi connectivity index (χ4v) is 8.89. The zero-order valence-electron chi connectivity index (χ0n) is 18.8. The van der Waals surface area contributed by atoms with Crippen LogP contribution in [0.4, 0.5) is 0 Å². The maximum absolute atomic E-state index is 12.3. The third kappa shape index (κ3) is 1.74. The molecule has 0 aromatic heterocycles. The molecule has 164 valence electrons. The first-order chi connectivity index (χ1) is 14.4. The number of fused-ring (bicyclic) bond motifs is 1. The maximum atomic E-state index is 12.3. The highest BCUT2D eigenvalue weighted by Crippen LogP contribution is 2.76. The molecule has 5 bridgehead atoms. The SMILES string of the molecule is CCCC[C@@]12[C@@H]3C[C@H]4[C@H]5[C@H](C)/C(=C6/OC(=O)C(C)=C6OC)O[C@]5(O3)[C@@H]1CC[N+]42CC. The fourth-order valence-electron chi connectivity index (χ4n) is 8.89. The van der Waals surface area contributed by atoms with Gasteiger partial charge >= 0.3 is 5.97 Å². The van der Waals surface area contributed by atoms with Gasteiger partial charge in [-0.05, 0) is 20.3 Å². The Morgan fingerprint density at radius 2 is 2.10 bits per heavy atom. The van der Waals surface area contributed by atoms with Gasteiger partial charge in [0.15, 0.2) is 5.76 Å². The van der Waals surface area contributed by atoms with Crippen molar-refractivity contribution in [3.05, 3.63) is 22.9 Å². The minimum absolute atomic E-state index is 0.140. The van der Waals surface area contributed by atoms with Gasteiger partial charge in [0.25, 0.3) is 0 Å². The smallest absolute Gasteiger partial charge is 0.343 e. The number of quaternary nitrogens is 1. The normalized spacial score (nSPS) is 52.3. The largest absolute Gasteiger partial charge is 0.492 e. The molecule has 6 heteroatoms. The van der Waals surface area contributed by atoms with E-state index in [1.165, 1.54) is 43.3 Å². The number of unbranched alkanes of at least 4 members (excludes halogenated alkanes) is 1. The van der Waals surface area contributed by atoms with Crippen LogP contribution in [-0.4, -0.2) is 54.1 Å². The van der Waals surface area contributed by atoms with Crippen LogP contribution in [0.15, 0.2) is 22.9 Å². The third-order valence-corrected chi connectivity index (χ3v) is 9.78. The number of rotatable bonds is 5. The Kier molecular flexibility index (Phi) is 3.73. The number of cyclic esters (lactones) is 1. The van der Waals surface area contributed by atoms with Crippen LogP contribution in [0.3, 0.4) is 0 Å². The molecular weight excluding hydrogens is 382 g/mol. The Hall–Kier alpha value is -1.53. The first-order valence-corrected chi connectivity index (χ1v) is 11.9. The molecule has 0 aromatic carbocycles. The number of ether oxygens (including phenoxy) is 4. The Balaban J connectivity index is 1.50. The number of esters is 1. The molecule has 0 saturated carbocycles. The van der Waals surface area contributed by atoms with Gasteiger partial charge in [-0.15, -0.1) is 0 Å². The van der Waals surface area contributed by atoms with Gasteiger partial charge in [-0.2, -0.15) is 0 Å². The van der Waals surface area contributed by atoms with Crippen LogP contribution in [0, 0.1) is 17.8 Å². The van der Waals surface area contributed by atoms with E-state index < -0.39 is 5.79 Å². The molecule has 6 rings (SSSR count). The molecule has 1 unspecified atom stereocenters. The molecule has 0 aliphatic carbocycles. The lowest BCUT2D eigenvalue weighted by Gasteiger charge is -2.54. The minimum atomic E-state index is -0.557. The molecule has 0 aromatic rings. The number of allylic oxidation sites excluding steroid dienone is 1. The molecule has 0 N–H and O–H groups in total. The topological polar surface area (TPSA) is 54.0 Å². The van der Waals surface area contributed by atoms with Crippen LogP contribution in [0.5, 0.6) is 0 Å². The predicted molar refractivity (Wildman–Crippen MR) is 109 cm³/mol. The molecule has 6 aliphatic heterocycles. The first kappa shape index (κ1) is 19.2. The summed E-state index contributed by atoms with van der Waals surface area (Å²) in [5, 5.41) is 0. The van der Waals surface area contributed by atoms with E-state index in [4.69, 9.17) is 18.9 Å². The number of methoxy groups -OCH3 is 1. The number of nitrogens with zero attached hydrogens (tertiary/aromatic N) is 1. The van der Waals surface area contributed by atoms with E-state index in [1.807, 2.05) is 0 Å². The fraction of sp³-hybridized carbons (Fsp3) is 0.792. The maximum Gasteiger partial charge on any atom is 0.343 e. The monoisotopic (exact) mass is 416 g/mol. The highest BCUT2D eigenvalue weighted by atomic mass is 16.7. The van der Waals surface area contributed by atoms with Crippen LogP contribution in [0.2, 0.25) is 0 Å². The Labute approximate surface area is 178 Å². The summed E-state index contributed by atoms with van der Waals surface area (Å²) in [5.41, 5.74) is 0.716. The molecule has 30 heavy (non-hydrogen) atoms. The van der Waals surface area contributed by atoms with Crippen molar-refractivity contribution in [3.8, 4) is 0 Å². The minimum Gasteiger partial charge on any atom is -0.492 e. The van der Waals surface area contributed by atoms with Gasteiger partial charge in [0.05, 0.1) is 37.6 Å². The predicted octanol–water partition coefficient (Wildman–Crippen LogP) is 3.62. The number of likely N-dealkylation sites (N-methyl/N-ethyl adjacent to an activating group) is 1. The summed E-state index contributed by atoms with van der Waals surface area (Å²) in [7, 11) is 1.59. The number of carbonyl (C=O) groups excluding carboxylic acids is 1. The Bertz CT molecular complexity index is 894. The van der Waals surface area contributed by atoms with Crippen LogP contribution in [-0.2, 0) is 23.7 Å². The summed E-state index contributed by atoms with van der Waals surface area (Å²) in [6.45, 7) is 11.1. The van der Waals surface area contributed by atoms with E-state index >= 15 is 0 Å². The van der Waals surface area contributed by atoms with Crippen molar-refractivity contribution in [2.75, 3.05) is 20.2 Å². The van der Waals surface area contributed by atoms with Crippen molar-refractivity contribution < 1.29 is 28.2 Å². The van der Waals surface area contributed by atoms with Crippen molar-refractivity contribution in [1.82, 2.24) is 0 Å². The summed E-state index contributed by atoms with van der Waals surface area (Å²) in [4.78, 5) is 12.3. The molecule has 0 amide bonds. The van der Waals surface area contributed by atoms with Gasteiger partial charge < -0.3 is 23.4 Å². The molecule has 1 spiro atoms. The van der Waals surface area contributed by atoms with E-state index in [0.717, 1.165) is 12.2 Å². The Morgan fingerprint density at radius 3 is 2.80 bits per heavy atom. The standard InChI is InChI=1S/C24H34NO5/c1-6-8-10-23-16-9-11-25(23,7-2)15-12-17(23)29-24(16)18(15)13(3)20(30-24)21-19(27-5)14(4)22(26)28-21/h13,15-18H,6-12H2,1-5H3/q+1/b21-20-/t13-,15-,16+,17-,18+,23-,24+,25?/m0/s1. The molecule has 6 aliphatic rings. The highest BCUT2D eigenvalue weighted by molar-refractivity contribution is 5.93. The molecule has 0 radical (unpaired) electrons. The van der Waals surface area contributed by atoms with Gasteiger partial charge in [-0.1, -0.05) is 20.3 Å². The summed E-state index contributed by atoms with van der Waals surface area (Å²) in [6, 6.07) is 0.561. The van der Waals surface area contributed by atoms with Crippen LogP contribution in [0.25, 0.3) is 0 Å². The van der Waals surface area contributed by atoms with Crippen LogP contribution in [0.1, 0.15) is 59.8 Å². The molecule has 8 atom stereocenters. The molecular formula is C24H34NO5+. The summed E-state index contributed by atoms with van der Waals surface area (Å²) < 4.78 is 26.2. The van der Waals surface area contributed by atoms with E-state index in [2.05, 4.69) is 20.8 Å². The number of carbonyl (C=O) groups is 1. The van der Waals surface area contributed by atoms with Crippen molar-refractivity contribution in [3.63, 3.8) is 0 Å². The summed E-state index contributed by atoms with van der Waals surface area (Å²) in [6.07, 6.45) is 6.31.